The fourth-order valence-corrected chi connectivity index (χ4v) is 2.70. The van der Waals surface area contributed by atoms with Crippen molar-refractivity contribution in [3.05, 3.63) is 30.0 Å². The minimum absolute atomic E-state index is 0.154. The smallest absolute Gasteiger partial charge is 0.321 e. The van der Waals surface area contributed by atoms with Crippen LogP contribution in [0.1, 0.15) is 50.4 Å². The quantitative estimate of drug-likeness (QED) is 0.853. The Bertz CT molecular complexity index is 684. The van der Waals surface area contributed by atoms with Gasteiger partial charge in [0.15, 0.2) is 11.6 Å². The van der Waals surface area contributed by atoms with Gasteiger partial charge in [-0.15, -0.1) is 5.10 Å². The number of carbonyl (C=O) groups excluding carboxylic acids is 1. The van der Waals surface area contributed by atoms with Crippen LogP contribution in [0.25, 0.3) is 0 Å². The van der Waals surface area contributed by atoms with E-state index in [-0.39, 0.29) is 23.9 Å². The van der Waals surface area contributed by atoms with Crippen molar-refractivity contribution in [2.75, 3.05) is 18.5 Å². The maximum atomic E-state index is 12.4. The number of hydrogen-bond acceptors (Lipinski definition) is 7. The summed E-state index contributed by atoms with van der Waals surface area (Å²) < 4.78 is 10.8. The van der Waals surface area contributed by atoms with Crippen LogP contribution in [0, 0.1) is 5.92 Å². The lowest BCUT2D eigenvalue weighted by molar-refractivity contribution is 0.0506. The fraction of sp³-hybridized carbons (Fsp3) is 0.562. The Morgan fingerprint density at radius 3 is 2.76 bits per heavy atom. The van der Waals surface area contributed by atoms with E-state index < -0.39 is 0 Å². The third kappa shape index (κ3) is 4.50. The lowest BCUT2D eigenvalue weighted by Crippen LogP contribution is -2.38. The van der Waals surface area contributed by atoms with Crippen LogP contribution < -0.4 is 10.6 Å². The molecule has 0 aromatic carbocycles. The van der Waals surface area contributed by atoms with Gasteiger partial charge in [-0.1, -0.05) is 19.0 Å². The van der Waals surface area contributed by atoms with Gasteiger partial charge < -0.3 is 14.6 Å². The van der Waals surface area contributed by atoms with E-state index >= 15 is 0 Å². The van der Waals surface area contributed by atoms with Crippen molar-refractivity contribution in [2.45, 2.75) is 38.6 Å². The summed E-state index contributed by atoms with van der Waals surface area (Å²) in [6.07, 6.45) is 3.17. The molecule has 1 fully saturated rings. The minimum atomic E-state index is -0.388. The van der Waals surface area contributed by atoms with Gasteiger partial charge in [0, 0.05) is 25.3 Å². The van der Waals surface area contributed by atoms with Gasteiger partial charge in [-0.25, -0.2) is 4.79 Å². The molecule has 1 aliphatic rings. The van der Waals surface area contributed by atoms with E-state index in [1.165, 1.54) is 0 Å². The van der Waals surface area contributed by atoms with E-state index in [9.17, 15) is 4.79 Å². The molecular formula is C16H22N6O3. The van der Waals surface area contributed by atoms with E-state index in [4.69, 9.17) is 9.26 Å². The second-order valence-electron chi connectivity index (χ2n) is 6.28. The summed E-state index contributed by atoms with van der Waals surface area (Å²) >= 11 is 0. The molecule has 0 spiro atoms. The van der Waals surface area contributed by atoms with E-state index in [2.05, 4.69) is 31.0 Å². The maximum absolute atomic E-state index is 12.4. The highest BCUT2D eigenvalue weighted by atomic mass is 16.5. The number of hydrogen-bond donors (Lipinski definition) is 2. The Kier molecular flexibility index (Phi) is 5.54. The number of ether oxygens (including phenoxy) is 1. The summed E-state index contributed by atoms with van der Waals surface area (Å²) in [5.74, 6) is 1.75. The number of rotatable bonds is 5. The molecule has 0 unspecified atom stereocenters. The Morgan fingerprint density at radius 1 is 1.32 bits per heavy atom. The summed E-state index contributed by atoms with van der Waals surface area (Å²) in [6.45, 7) is 5.29. The summed E-state index contributed by atoms with van der Waals surface area (Å²) in [5.41, 5.74) is 0. The van der Waals surface area contributed by atoms with Crippen LogP contribution in [0.15, 0.2) is 22.9 Å². The van der Waals surface area contributed by atoms with Crippen molar-refractivity contribution in [3.63, 3.8) is 0 Å². The number of aromatic nitrogens is 4. The molecule has 0 bridgehead atoms. The van der Waals surface area contributed by atoms with Crippen molar-refractivity contribution in [1.29, 1.82) is 0 Å². The zero-order valence-corrected chi connectivity index (χ0v) is 14.3. The first-order valence-electron chi connectivity index (χ1n) is 8.40. The number of nitrogens with one attached hydrogen (secondary N) is 2. The molecule has 3 heterocycles. The zero-order chi connectivity index (χ0) is 17.6. The van der Waals surface area contributed by atoms with Crippen LogP contribution in [-0.4, -0.2) is 39.6 Å². The summed E-state index contributed by atoms with van der Waals surface area (Å²) in [5, 5.41) is 17.2. The van der Waals surface area contributed by atoms with Crippen LogP contribution in [0.3, 0.4) is 0 Å². The molecule has 0 radical (unpaired) electrons. The van der Waals surface area contributed by atoms with Crippen LogP contribution >= 0.6 is 0 Å². The first-order valence-corrected chi connectivity index (χ1v) is 8.40. The third-order valence-corrected chi connectivity index (χ3v) is 4.08. The average molecular weight is 346 g/mol. The Hall–Kier alpha value is -2.55. The second-order valence-corrected chi connectivity index (χ2v) is 6.28. The maximum Gasteiger partial charge on any atom is 0.321 e. The van der Waals surface area contributed by atoms with Crippen LogP contribution in [0.5, 0.6) is 0 Å². The molecule has 9 heteroatoms. The molecule has 2 aromatic heterocycles. The van der Waals surface area contributed by atoms with Gasteiger partial charge >= 0.3 is 6.03 Å². The van der Waals surface area contributed by atoms with Crippen molar-refractivity contribution in [2.24, 2.45) is 5.92 Å². The van der Waals surface area contributed by atoms with Crippen LogP contribution in [-0.2, 0) is 4.74 Å². The van der Waals surface area contributed by atoms with E-state index in [1.807, 2.05) is 13.8 Å². The lowest BCUT2D eigenvalue weighted by Gasteiger charge is -2.28. The molecule has 3 rings (SSSR count). The number of amides is 2. The standard InChI is InChI=1S/C16H22N6O3/c1-10(2)14-20-15(25-22-14)13(11-5-8-24-9-6-11)19-16(23)18-12-4-3-7-17-21-12/h3-4,7,10-11,13H,5-6,8-9H2,1-2H3,(H2,18,19,21,23)/t13-/m0/s1. The monoisotopic (exact) mass is 346 g/mol. The molecule has 9 nitrogen and oxygen atoms in total. The molecule has 1 saturated heterocycles. The first-order chi connectivity index (χ1) is 12.1. The van der Waals surface area contributed by atoms with Crippen molar-refractivity contribution in [3.8, 4) is 0 Å². The Balaban J connectivity index is 1.74. The van der Waals surface area contributed by atoms with Gasteiger partial charge in [0.25, 0.3) is 0 Å². The summed E-state index contributed by atoms with van der Waals surface area (Å²) in [4.78, 5) is 16.8. The highest BCUT2D eigenvalue weighted by Crippen LogP contribution is 2.30. The largest absolute Gasteiger partial charge is 0.381 e. The normalized spacial score (nSPS) is 16.6. The van der Waals surface area contributed by atoms with Crippen molar-refractivity contribution < 1.29 is 14.1 Å². The number of urea groups is 1. The van der Waals surface area contributed by atoms with Gasteiger partial charge in [0.05, 0.1) is 0 Å². The molecule has 134 valence electrons. The summed E-state index contributed by atoms with van der Waals surface area (Å²) in [7, 11) is 0. The van der Waals surface area contributed by atoms with Gasteiger partial charge in [0.1, 0.15) is 6.04 Å². The molecule has 2 N–H and O–H groups in total. The highest BCUT2D eigenvalue weighted by molar-refractivity contribution is 5.88. The molecule has 25 heavy (non-hydrogen) atoms. The van der Waals surface area contributed by atoms with Crippen molar-refractivity contribution in [1.82, 2.24) is 25.7 Å². The van der Waals surface area contributed by atoms with E-state index in [0.717, 1.165) is 12.8 Å². The Morgan fingerprint density at radius 2 is 2.12 bits per heavy atom. The third-order valence-electron chi connectivity index (χ3n) is 4.08. The zero-order valence-electron chi connectivity index (χ0n) is 14.3. The molecule has 2 aromatic rings. The molecular weight excluding hydrogens is 324 g/mol. The van der Waals surface area contributed by atoms with E-state index in [0.29, 0.717) is 30.7 Å². The Labute approximate surface area is 145 Å². The lowest BCUT2D eigenvalue weighted by atomic mass is 9.91. The fourth-order valence-electron chi connectivity index (χ4n) is 2.70. The topological polar surface area (TPSA) is 115 Å². The molecule has 2 amide bonds. The van der Waals surface area contributed by atoms with Gasteiger partial charge in [0.2, 0.25) is 5.89 Å². The van der Waals surface area contributed by atoms with Gasteiger partial charge in [-0.2, -0.15) is 10.1 Å². The van der Waals surface area contributed by atoms with Crippen LogP contribution in [0.4, 0.5) is 10.6 Å². The van der Waals surface area contributed by atoms with Crippen molar-refractivity contribution >= 4 is 11.8 Å². The highest BCUT2D eigenvalue weighted by Gasteiger charge is 2.31. The SMILES string of the molecule is CC(C)c1noc([C@@H](NC(=O)Nc2cccnn2)C2CCOCC2)n1. The molecule has 0 aliphatic carbocycles. The van der Waals surface area contributed by atoms with Gasteiger partial charge in [-0.05, 0) is 30.9 Å². The number of anilines is 1. The first kappa shape index (κ1) is 17.3. The predicted octanol–water partition coefficient (Wildman–Crippen LogP) is 2.27. The molecule has 1 aliphatic heterocycles. The second kappa shape index (κ2) is 8.02. The predicted molar refractivity (Wildman–Crippen MR) is 88.9 cm³/mol. The van der Waals surface area contributed by atoms with E-state index in [1.54, 1.807) is 18.3 Å². The summed E-state index contributed by atoms with van der Waals surface area (Å²) in [6, 6.07) is 2.60. The minimum Gasteiger partial charge on any atom is -0.381 e. The van der Waals surface area contributed by atoms with Crippen LogP contribution in [0.2, 0.25) is 0 Å². The number of nitrogens with zero attached hydrogens (tertiary/aromatic N) is 4. The average Bonchev–Trinajstić information content (AvgIpc) is 3.11. The number of carbonyl (C=O) groups is 1. The van der Waals surface area contributed by atoms with Gasteiger partial charge in [-0.3, -0.25) is 5.32 Å². The molecule has 1 atom stereocenters. The molecule has 0 saturated carbocycles.